The second-order valence-corrected chi connectivity index (χ2v) is 7.94. The number of nitrogens with zero attached hydrogens (tertiary/aromatic N) is 4. The molecule has 1 aliphatic carbocycles. The maximum absolute atomic E-state index is 9.13. The highest BCUT2D eigenvalue weighted by Crippen LogP contribution is 2.39. The lowest BCUT2D eigenvalue weighted by Gasteiger charge is -2.18. The highest BCUT2D eigenvalue weighted by Gasteiger charge is 2.22. The summed E-state index contributed by atoms with van der Waals surface area (Å²) < 4.78 is 0. The first-order valence-electron chi connectivity index (χ1n) is 8.89. The number of thiophene rings is 1. The number of aryl methyl sites for hydroxylation is 2. The predicted molar refractivity (Wildman–Crippen MR) is 103 cm³/mol. The number of hydrogen-bond acceptors (Lipinski definition) is 7. The normalized spacial score (nSPS) is 16.4. The second-order valence-electron chi connectivity index (χ2n) is 6.86. The molecule has 1 unspecified atom stereocenters. The van der Waals surface area contributed by atoms with E-state index in [9.17, 15) is 0 Å². The van der Waals surface area contributed by atoms with Crippen molar-refractivity contribution in [1.82, 2.24) is 20.2 Å². The Morgan fingerprint density at radius 2 is 2.35 bits per heavy atom. The Balaban J connectivity index is 1.47. The van der Waals surface area contributed by atoms with Crippen LogP contribution in [0.4, 0.5) is 11.6 Å². The molecule has 26 heavy (non-hydrogen) atoms. The van der Waals surface area contributed by atoms with Crippen LogP contribution in [0.25, 0.3) is 10.2 Å². The van der Waals surface area contributed by atoms with Gasteiger partial charge in [0.05, 0.1) is 11.1 Å². The van der Waals surface area contributed by atoms with Gasteiger partial charge in [-0.05, 0) is 43.6 Å². The molecular weight excluding hydrogens is 346 g/mol. The third-order valence-electron chi connectivity index (χ3n) is 4.97. The molecule has 1 aliphatic rings. The maximum atomic E-state index is 9.13. The first kappa shape index (κ1) is 16.8. The van der Waals surface area contributed by atoms with Gasteiger partial charge in [0, 0.05) is 11.4 Å². The van der Waals surface area contributed by atoms with E-state index in [1.165, 1.54) is 22.2 Å². The van der Waals surface area contributed by atoms with Crippen LogP contribution >= 0.6 is 11.3 Å². The number of nitrogens with one attached hydrogen (secondary N) is 2. The number of H-pyrrole nitrogens is 1. The molecule has 3 aromatic heterocycles. The Labute approximate surface area is 155 Å². The quantitative estimate of drug-likeness (QED) is 0.597. The van der Waals surface area contributed by atoms with Crippen molar-refractivity contribution in [2.24, 2.45) is 5.92 Å². The van der Waals surface area contributed by atoms with Gasteiger partial charge in [0.15, 0.2) is 5.82 Å². The van der Waals surface area contributed by atoms with E-state index in [0.29, 0.717) is 12.0 Å². The molecule has 0 radical (unpaired) electrons. The number of hydrogen-bond donors (Lipinski definition) is 3. The molecule has 4 N–H and O–H groups in total. The van der Waals surface area contributed by atoms with Crippen molar-refractivity contribution in [3.63, 3.8) is 0 Å². The molecule has 3 aromatic rings. The lowest BCUT2D eigenvalue weighted by molar-refractivity contribution is 0.509. The number of rotatable bonds is 5. The van der Waals surface area contributed by atoms with Crippen molar-refractivity contribution >= 4 is 33.2 Å². The fourth-order valence-electron chi connectivity index (χ4n) is 3.58. The number of nitrogen functional groups attached to an aromatic ring is 1. The smallest absolute Gasteiger partial charge is 0.163 e. The molecule has 0 bridgehead atoms. The highest BCUT2D eigenvalue weighted by atomic mass is 32.1. The molecule has 134 valence electrons. The van der Waals surface area contributed by atoms with Crippen LogP contribution in [0.1, 0.15) is 41.5 Å². The molecule has 1 atom stereocenters. The van der Waals surface area contributed by atoms with Crippen molar-refractivity contribution < 1.29 is 0 Å². The van der Waals surface area contributed by atoms with Crippen molar-refractivity contribution in [2.45, 2.75) is 39.0 Å². The second kappa shape index (κ2) is 6.92. The van der Waals surface area contributed by atoms with Gasteiger partial charge in [-0.2, -0.15) is 10.4 Å². The van der Waals surface area contributed by atoms with Crippen LogP contribution in [-0.2, 0) is 19.3 Å². The first-order valence-corrected chi connectivity index (χ1v) is 9.71. The SMILES string of the molecule is CC1CCc2c(sc3ncnc(NCCCc4[nH]nc(N)c4C#N)c23)C1. The number of aromatic nitrogens is 4. The molecule has 7 nitrogen and oxygen atoms in total. The lowest BCUT2D eigenvalue weighted by atomic mass is 9.89. The zero-order chi connectivity index (χ0) is 18.1. The summed E-state index contributed by atoms with van der Waals surface area (Å²) in [5.74, 6) is 1.94. The summed E-state index contributed by atoms with van der Waals surface area (Å²) >= 11 is 1.81. The minimum Gasteiger partial charge on any atom is -0.381 e. The third-order valence-corrected chi connectivity index (χ3v) is 6.13. The van der Waals surface area contributed by atoms with E-state index in [1.54, 1.807) is 6.33 Å². The van der Waals surface area contributed by atoms with Gasteiger partial charge < -0.3 is 11.1 Å². The zero-order valence-electron chi connectivity index (χ0n) is 14.7. The first-order chi connectivity index (χ1) is 12.7. The standard InChI is InChI=1S/C18H21N7S/c1-10-4-5-11-14(7-10)26-18-15(11)17(22-9-23-18)21-6-2-3-13-12(8-19)16(20)25-24-13/h9-10H,2-7H2,1H3,(H3,20,24,25)(H,21,22,23). The number of nitrogens with two attached hydrogens (primary N) is 1. The van der Waals surface area contributed by atoms with E-state index in [-0.39, 0.29) is 5.82 Å². The summed E-state index contributed by atoms with van der Waals surface area (Å²) in [6.45, 7) is 3.08. The van der Waals surface area contributed by atoms with Gasteiger partial charge in [-0.1, -0.05) is 6.92 Å². The molecule has 0 aromatic carbocycles. The van der Waals surface area contributed by atoms with Gasteiger partial charge in [0.25, 0.3) is 0 Å². The summed E-state index contributed by atoms with van der Waals surface area (Å²) in [5, 5.41) is 20.5. The van der Waals surface area contributed by atoms with Crippen LogP contribution in [0, 0.1) is 17.2 Å². The molecule has 0 spiro atoms. The third kappa shape index (κ3) is 2.99. The van der Waals surface area contributed by atoms with Gasteiger partial charge >= 0.3 is 0 Å². The Hall–Kier alpha value is -2.66. The van der Waals surface area contributed by atoms with Gasteiger partial charge in [-0.3, -0.25) is 5.10 Å². The fraction of sp³-hybridized carbons (Fsp3) is 0.444. The van der Waals surface area contributed by atoms with E-state index in [1.807, 2.05) is 11.3 Å². The predicted octanol–water partition coefficient (Wildman–Crippen LogP) is 3.04. The fourth-order valence-corrected chi connectivity index (χ4v) is 4.93. The Morgan fingerprint density at radius 1 is 1.46 bits per heavy atom. The number of aromatic amines is 1. The summed E-state index contributed by atoms with van der Waals surface area (Å²) in [4.78, 5) is 11.5. The van der Waals surface area contributed by atoms with Crippen molar-refractivity contribution in [2.75, 3.05) is 17.6 Å². The Bertz CT molecular complexity index is 981. The van der Waals surface area contributed by atoms with Gasteiger partial charge in [0.2, 0.25) is 0 Å². The number of fused-ring (bicyclic) bond motifs is 3. The van der Waals surface area contributed by atoms with E-state index in [4.69, 9.17) is 11.0 Å². The molecule has 0 aliphatic heterocycles. The van der Waals surface area contributed by atoms with Crippen LogP contribution in [0.15, 0.2) is 6.33 Å². The van der Waals surface area contributed by atoms with Crippen LogP contribution in [0.5, 0.6) is 0 Å². The van der Waals surface area contributed by atoms with Gasteiger partial charge in [-0.25, -0.2) is 9.97 Å². The summed E-state index contributed by atoms with van der Waals surface area (Å²) in [6, 6.07) is 2.10. The van der Waals surface area contributed by atoms with Crippen molar-refractivity contribution in [1.29, 1.82) is 5.26 Å². The monoisotopic (exact) mass is 367 g/mol. The topological polar surface area (TPSA) is 116 Å². The molecule has 4 rings (SSSR count). The number of anilines is 2. The average Bonchev–Trinajstić information content (AvgIpc) is 3.18. The molecule has 0 fully saturated rings. The van der Waals surface area contributed by atoms with Gasteiger partial charge in [0.1, 0.15) is 28.6 Å². The molecule has 0 saturated heterocycles. The van der Waals surface area contributed by atoms with Gasteiger partial charge in [-0.15, -0.1) is 11.3 Å². The summed E-state index contributed by atoms with van der Waals surface area (Å²) in [5.41, 5.74) is 8.35. The minimum absolute atomic E-state index is 0.270. The van der Waals surface area contributed by atoms with E-state index in [2.05, 4.69) is 38.5 Å². The Kier molecular flexibility index (Phi) is 4.47. The minimum atomic E-state index is 0.270. The largest absolute Gasteiger partial charge is 0.381 e. The molecule has 3 heterocycles. The summed E-state index contributed by atoms with van der Waals surface area (Å²) in [7, 11) is 0. The average molecular weight is 367 g/mol. The van der Waals surface area contributed by atoms with Crippen LogP contribution in [0.3, 0.4) is 0 Å². The Morgan fingerprint density at radius 3 is 3.19 bits per heavy atom. The highest BCUT2D eigenvalue weighted by molar-refractivity contribution is 7.19. The summed E-state index contributed by atoms with van der Waals surface area (Å²) in [6.07, 6.45) is 6.69. The van der Waals surface area contributed by atoms with Crippen LogP contribution in [0.2, 0.25) is 0 Å². The van der Waals surface area contributed by atoms with Crippen LogP contribution in [-0.4, -0.2) is 26.7 Å². The van der Waals surface area contributed by atoms with Crippen molar-refractivity contribution in [3.8, 4) is 6.07 Å². The zero-order valence-corrected chi connectivity index (χ0v) is 15.5. The molecule has 8 heteroatoms. The van der Waals surface area contributed by atoms with E-state index in [0.717, 1.165) is 48.1 Å². The van der Waals surface area contributed by atoms with Crippen molar-refractivity contribution in [3.05, 3.63) is 28.0 Å². The molecular formula is C18H21N7S. The lowest BCUT2D eigenvalue weighted by Crippen LogP contribution is -2.10. The maximum Gasteiger partial charge on any atom is 0.163 e. The molecule has 0 saturated carbocycles. The number of nitriles is 1. The van der Waals surface area contributed by atoms with E-state index < -0.39 is 0 Å². The molecule has 0 amide bonds. The van der Waals surface area contributed by atoms with Crippen LogP contribution < -0.4 is 11.1 Å². The van der Waals surface area contributed by atoms with E-state index >= 15 is 0 Å².